The molecule has 3 saturated heterocycles. The van der Waals surface area contributed by atoms with Crippen LogP contribution < -0.4 is 4.90 Å². The first-order valence-corrected chi connectivity index (χ1v) is 13.1. The smallest absolute Gasteiger partial charge is 0.254 e. The van der Waals surface area contributed by atoms with E-state index < -0.39 is 9.84 Å². The highest BCUT2D eigenvalue weighted by atomic mass is 32.2. The van der Waals surface area contributed by atoms with Gasteiger partial charge in [-0.3, -0.25) is 4.79 Å². The second-order valence-electron chi connectivity index (χ2n) is 7.25. The fraction of sp³-hybridized carbons (Fsp3) is 0.611. The standard InChI is InChI=1S/C18H24N2O3S3/c21-17(14-1-3-15(4-2-14)18-24-10-11-25-18)20-8-6-19(7-9-20)16-5-12-26(22,23)13-16/h1-4,16,18H,5-13H2/p+1/t16-/m0/s1. The van der Waals surface area contributed by atoms with Crippen LogP contribution in [0.15, 0.2) is 24.3 Å². The number of thioether (sulfide) groups is 2. The number of benzene rings is 1. The summed E-state index contributed by atoms with van der Waals surface area (Å²) in [5, 5.41) is 0. The lowest BCUT2D eigenvalue weighted by atomic mass is 10.1. The predicted molar refractivity (Wildman–Crippen MR) is 108 cm³/mol. The van der Waals surface area contributed by atoms with E-state index >= 15 is 0 Å². The summed E-state index contributed by atoms with van der Waals surface area (Å²) in [6.45, 7) is 3.11. The molecule has 5 nitrogen and oxygen atoms in total. The highest BCUT2D eigenvalue weighted by molar-refractivity contribution is 8.19. The van der Waals surface area contributed by atoms with Gasteiger partial charge in [0.05, 0.1) is 36.5 Å². The van der Waals surface area contributed by atoms with Gasteiger partial charge in [0, 0.05) is 23.5 Å². The summed E-state index contributed by atoms with van der Waals surface area (Å²) in [5.74, 6) is 3.14. The zero-order valence-corrected chi connectivity index (χ0v) is 17.2. The molecule has 1 amide bonds. The molecule has 3 heterocycles. The van der Waals surface area contributed by atoms with Crippen molar-refractivity contribution in [2.45, 2.75) is 17.0 Å². The van der Waals surface area contributed by atoms with Gasteiger partial charge in [0.25, 0.3) is 5.91 Å². The quantitative estimate of drug-likeness (QED) is 0.790. The molecule has 3 aliphatic heterocycles. The van der Waals surface area contributed by atoms with Crippen molar-refractivity contribution < 1.29 is 18.1 Å². The molecule has 1 aromatic rings. The third kappa shape index (κ3) is 4.08. The van der Waals surface area contributed by atoms with Crippen LogP contribution >= 0.6 is 23.5 Å². The van der Waals surface area contributed by atoms with Gasteiger partial charge in [0.15, 0.2) is 9.84 Å². The molecule has 3 aliphatic rings. The Morgan fingerprint density at radius 2 is 1.73 bits per heavy atom. The number of rotatable bonds is 3. The Balaban J connectivity index is 1.33. The largest absolute Gasteiger partial charge is 0.329 e. The number of piperazine rings is 1. The fourth-order valence-electron chi connectivity index (χ4n) is 4.04. The minimum absolute atomic E-state index is 0.0985. The van der Waals surface area contributed by atoms with Gasteiger partial charge in [-0.2, -0.15) is 0 Å². The molecule has 0 spiro atoms. The number of carbonyl (C=O) groups is 1. The lowest BCUT2D eigenvalue weighted by Gasteiger charge is -2.35. The Morgan fingerprint density at radius 1 is 1.08 bits per heavy atom. The van der Waals surface area contributed by atoms with Crippen molar-refractivity contribution in [2.75, 3.05) is 49.2 Å². The average Bonchev–Trinajstić information content (AvgIpc) is 3.31. The number of hydrogen-bond donors (Lipinski definition) is 1. The molecule has 1 aromatic carbocycles. The second kappa shape index (κ2) is 7.73. The molecule has 4 rings (SSSR count). The second-order valence-corrected chi connectivity index (χ2v) is 12.2. The van der Waals surface area contributed by atoms with Crippen molar-refractivity contribution in [2.24, 2.45) is 0 Å². The normalized spacial score (nSPS) is 27.1. The molecule has 0 bridgehead atoms. The summed E-state index contributed by atoms with van der Waals surface area (Å²) < 4.78 is 23.9. The van der Waals surface area contributed by atoms with Gasteiger partial charge in [-0.1, -0.05) is 12.1 Å². The van der Waals surface area contributed by atoms with Crippen molar-refractivity contribution in [1.82, 2.24) is 4.90 Å². The molecule has 0 aromatic heterocycles. The van der Waals surface area contributed by atoms with E-state index in [0.717, 1.165) is 25.1 Å². The number of sulfone groups is 1. The van der Waals surface area contributed by atoms with Gasteiger partial charge in [-0.15, -0.1) is 23.5 Å². The first-order valence-electron chi connectivity index (χ1n) is 9.19. The lowest BCUT2D eigenvalue weighted by molar-refractivity contribution is -0.925. The van der Waals surface area contributed by atoms with Gasteiger partial charge < -0.3 is 9.80 Å². The summed E-state index contributed by atoms with van der Waals surface area (Å²) >= 11 is 3.94. The zero-order chi connectivity index (χ0) is 18.1. The monoisotopic (exact) mass is 413 g/mol. The first-order chi connectivity index (χ1) is 12.5. The Bertz CT molecular complexity index is 752. The molecule has 142 valence electrons. The molecule has 3 fully saturated rings. The number of nitrogens with zero attached hydrogens (tertiary/aromatic N) is 1. The Morgan fingerprint density at radius 3 is 2.31 bits per heavy atom. The van der Waals surface area contributed by atoms with Crippen LogP contribution in [0.1, 0.15) is 26.9 Å². The van der Waals surface area contributed by atoms with Crippen LogP contribution in [0.2, 0.25) is 0 Å². The number of nitrogens with one attached hydrogen (secondary N) is 1. The van der Waals surface area contributed by atoms with Crippen LogP contribution in [-0.2, 0) is 9.84 Å². The zero-order valence-electron chi connectivity index (χ0n) is 14.7. The topological polar surface area (TPSA) is 58.9 Å². The minimum Gasteiger partial charge on any atom is -0.329 e. The van der Waals surface area contributed by atoms with E-state index in [1.165, 1.54) is 22.0 Å². The summed E-state index contributed by atoms with van der Waals surface area (Å²) in [4.78, 5) is 16.0. The Kier molecular flexibility index (Phi) is 5.55. The van der Waals surface area contributed by atoms with Crippen LogP contribution in [-0.4, -0.2) is 74.5 Å². The highest BCUT2D eigenvalue weighted by Crippen LogP contribution is 2.45. The highest BCUT2D eigenvalue weighted by Gasteiger charge is 2.37. The lowest BCUT2D eigenvalue weighted by Crippen LogP contribution is -3.18. The molecule has 1 atom stereocenters. The first kappa shape index (κ1) is 18.7. The summed E-state index contributed by atoms with van der Waals surface area (Å²) in [6.07, 6.45) is 0.768. The van der Waals surface area contributed by atoms with E-state index in [9.17, 15) is 13.2 Å². The minimum atomic E-state index is -2.83. The average molecular weight is 414 g/mol. The van der Waals surface area contributed by atoms with E-state index in [4.69, 9.17) is 0 Å². The van der Waals surface area contributed by atoms with E-state index in [-0.39, 0.29) is 11.9 Å². The van der Waals surface area contributed by atoms with Gasteiger partial charge in [0.1, 0.15) is 11.8 Å². The van der Waals surface area contributed by atoms with E-state index in [0.29, 0.717) is 29.2 Å². The molecule has 0 aliphatic carbocycles. The van der Waals surface area contributed by atoms with Crippen LogP contribution in [0.4, 0.5) is 0 Å². The van der Waals surface area contributed by atoms with Gasteiger partial charge in [-0.05, 0) is 17.7 Å². The van der Waals surface area contributed by atoms with E-state index in [1.54, 1.807) is 0 Å². The maximum atomic E-state index is 12.8. The van der Waals surface area contributed by atoms with Gasteiger partial charge in [0.2, 0.25) is 0 Å². The number of hydrogen-bond acceptors (Lipinski definition) is 5. The number of carbonyl (C=O) groups excluding carboxylic acids is 1. The fourth-order valence-corrected chi connectivity index (χ4v) is 8.72. The van der Waals surface area contributed by atoms with Crippen molar-refractivity contribution >= 4 is 39.3 Å². The van der Waals surface area contributed by atoms with Gasteiger partial charge >= 0.3 is 0 Å². The third-order valence-corrected chi connectivity index (χ3v) is 10.4. The third-order valence-electron chi connectivity index (χ3n) is 5.55. The maximum Gasteiger partial charge on any atom is 0.254 e. The summed E-state index contributed by atoms with van der Waals surface area (Å²) in [5.41, 5.74) is 2.05. The number of amides is 1. The SMILES string of the molecule is O=C(c1ccc(C2SCCS2)cc1)N1CC[NH+]([C@H]2CCS(=O)(=O)C2)CC1. The van der Waals surface area contributed by atoms with Crippen LogP contribution in [0.3, 0.4) is 0 Å². The van der Waals surface area contributed by atoms with Crippen molar-refractivity contribution in [1.29, 1.82) is 0 Å². The van der Waals surface area contributed by atoms with Gasteiger partial charge in [-0.25, -0.2) is 8.42 Å². The predicted octanol–water partition coefficient (Wildman–Crippen LogP) is 0.693. The van der Waals surface area contributed by atoms with E-state index in [1.807, 2.05) is 40.6 Å². The van der Waals surface area contributed by atoms with Crippen LogP contribution in [0.25, 0.3) is 0 Å². The van der Waals surface area contributed by atoms with Crippen molar-refractivity contribution in [3.05, 3.63) is 35.4 Å². The van der Waals surface area contributed by atoms with Crippen molar-refractivity contribution in [3.63, 3.8) is 0 Å². The molecular weight excluding hydrogens is 388 g/mol. The Labute approximate surface area is 163 Å². The van der Waals surface area contributed by atoms with Crippen LogP contribution in [0.5, 0.6) is 0 Å². The Hall–Kier alpha value is -0.700. The molecular formula is C18H25N2O3S3+. The maximum absolute atomic E-state index is 12.8. The number of quaternary nitrogens is 1. The molecule has 0 unspecified atom stereocenters. The summed E-state index contributed by atoms with van der Waals surface area (Å²) in [7, 11) is -2.83. The molecule has 8 heteroatoms. The molecule has 0 radical (unpaired) electrons. The van der Waals surface area contributed by atoms with Crippen LogP contribution in [0, 0.1) is 0 Å². The van der Waals surface area contributed by atoms with E-state index in [2.05, 4.69) is 12.1 Å². The molecule has 26 heavy (non-hydrogen) atoms. The van der Waals surface area contributed by atoms with Crippen molar-refractivity contribution in [3.8, 4) is 0 Å². The molecule has 1 N–H and O–H groups in total. The molecule has 0 saturated carbocycles. The summed E-state index contributed by atoms with van der Waals surface area (Å²) in [6, 6.07) is 8.32.